The van der Waals surface area contributed by atoms with Crippen LogP contribution in [0.15, 0.2) is 125 Å². The van der Waals surface area contributed by atoms with Gasteiger partial charge in [0.15, 0.2) is 0 Å². The zero-order chi connectivity index (χ0) is 26.1. The van der Waals surface area contributed by atoms with Gasteiger partial charge in [-0.1, -0.05) is 78.9 Å². The molecule has 0 aliphatic carbocycles. The summed E-state index contributed by atoms with van der Waals surface area (Å²) in [6, 6.07) is 34.6. The lowest BCUT2D eigenvalue weighted by atomic mass is 10.1. The summed E-state index contributed by atoms with van der Waals surface area (Å²) in [5, 5.41) is 2.07. The van der Waals surface area contributed by atoms with Gasteiger partial charge in [-0.3, -0.25) is 9.69 Å². The van der Waals surface area contributed by atoms with Crippen LogP contribution in [0.4, 0.5) is 5.69 Å². The first-order valence-corrected chi connectivity index (χ1v) is 12.2. The smallest absolute Gasteiger partial charge is 0.337 e. The number of hydrogen-bond donors (Lipinski definition) is 0. The summed E-state index contributed by atoms with van der Waals surface area (Å²) >= 11 is 0. The van der Waals surface area contributed by atoms with Crippen LogP contribution in [-0.4, -0.2) is 19.0 Å². The normalized spacial score (nSPS) is 14.2. The maximum Gasteiger partial charge on any atom is 0.337 e. The second-order valence-electron chi connectivity index (χ2n) is 8.91. The van der Waals surface area contributed by atoms with Gasteiger partial charge in [0.2, 0.25) is 0 Å². The lowest BCUT2D eigenvalue weighted by Crippen LogP contribution is -2.25. The highest BCUT2D eigenvalue weighted by Gasteiger charge is 2.31. The maximum absolute atomic E-state index is 13.9. The highest BCUT2D eigenvalue weighted by Crippen LogP contribution is 2.39. The first-order chi connectivity index (χ1) is 18.6. The summed E-state index contributed by atoms with van der Waals surface area (Å²) in [7, 11) is 1.35. The Balaban J connectivity index is 1.39. The molecule has 0 bridgehead atoms. The van der Waals surface area contributed by atoms with Crippen LogP contribution in [0.1, 0.15) is 21.7 Å². The molecule has 6 rings (SSSR count). The Bertz CT molecular complexity index is 1720. The second kappa shape index (κ2) is 9.71. The van der Waals surface area contributed by atoms with E-state index >= 15 is 0 Å². The van der Waals surface area contributed by atoms with E-state index in [1.165, 1.54) is 7.11 Å². The lowest BCUT2D eigenvalue weighted by Gasteiger charge is -2.22. The Morgan fingerprint density at radius 2 is 1.53 bits per heavy atom. The molecule has 4 aromatic carbocycles. The number of hydrogen-bond acceptors (Lipinski definition) is 4. The number of anilines is 1. The molecule has 1 aromatic heterocycles. The maximum atomic E-state index is 13.9. The number of esters is 1. The van der Waals surface area contributed by atoms with Crippen molar-refractivity contribution in [1.82, 2.24) is 0 Å². The molecule has 1 aliphatic heterocycles. The first kappa shape index (κ1) is 23.3. The number of carbonyl (C=O) groups is 2. The van der Waals surface area contributed by atoms with Gasteiger partial charge in [-0.2, -0.15) is 0 Å². The van der Waals surface area contributed by atoms with Crippen molar-refractivity contribution in [3.8, 4) is 11.3 Å². The van der Waals surface area contributed by atoms with Gasteiger partial charge in [0, 0.05) is 16.5 Å². The molecule has 5 aromatic rings. The van der Waals surface area contributed by atoms with E-state index in [1.807, 2.05) is 91.0 Å². The van der Waals surface area contributed by atoms with Crippen molar-refractivity contribution in [3.05, 3.63) is 138 Å². The molecular formula is C33H23NO4. The molecule has 184 valence electrons. The van der Waals surface area contributed by atoms with Crippen molar-refractivity contribution in [1.29, 1.82) is 0 Å². The number of furan rings is 1. The molecule has 0 fully saturated rings. The molecular weight excluding hydrogens is 474 g/mol. The Labute approximate surface area is 219 Å². The zero-order valence-electron chi connectivity index (χ0n) is 20.6. The summed E-state index contributed by atoms with van der Waals surface area (Å²) in [5.41, 5.74) is 4.40. The Kier molecular flexibility index (Phi) is 5.94. The number of amides is 1. The van der Waals surface area contributed by atoms with Crippen molar-refractivity contribution in [2.75, 3.05) is 12.0 Å². The fourth-order valence-electron chi connectivity index (χ4n) is 4.71. The summed E-state index contributed by atoms with van der Waals surface area (Å²) in [6.45, 7) is 0. The van der Waals surface area contributed by atoms with E-state index in [4.69, 9.17) is 9.15 Å². The summed E-state index contributed by atoms with van der Waals surface area (Å²) in [4.78, 5) is 27.4. The van der Waals surface area contributed by atoms with Gasteiger partial charge in [-0.15, -0.1) is 0 Å². The van der Waals surface area contributed by atoms with Gasteiger partial charge < -0.3 is 9.15 Å². The summed E-state index contributed by atoms with van der Waals surface area (Å²) < 4.78 is 10.8. The minimum Gasteiger partial charge on any atom is -0.465 e. The largest absolute Gasteiger partial charge is 0.465 e. The van der Waals surface area contributed by atoms with Crippen molar-refractivity contribution < 1.29 is 18.7 Å². The van der Waals surface area contributed by atoms with Crippen LogP contribution >= 0.6 is 0 Å². The lowest BCUT2D eigenvalue weighted by molar-refractivity contribution is -0.113. The van der Waals surface area contributed by atoms with Gasteiger partial charge in [0.25, 0.3) is 5.91 Å². The average molecular weight is 498 g/mol. The van der Waals surface area contributed by atoms with E-state index in [1.54, 1.807) is 35.2 Å². The van der Waals surface area contributed by atoms with Gasteiger partial charge in [-0.05, 0) is 53.4 Å². The minimum atomic E-state index is -0.391. The van der Waals surface area contributed by atoms with E-state index < -0.39 is 5.97 Å². The molecule has 0 atom stereocenters. The molecule has 38 heavy (non-hydrogen) atoms. The predicted octanol–water partition coefficient (Wildman–Crippen LogP) is 7.36. The summed E-state index contributed by atoms with van der Waals surface area (Å²) in [6.07, 6.45) is 3.68. The van der Waals surface area contributed by atoms with Crippen LogP contribution in [-0.2, 0) is 9.53 Å². The van der Waals surface area contributed by atoms with Crippen LogP contribution in [0.2, 0.25) is 0 Å². The molecule has 5 nitrogen and oxygen atoms in total. The van der Waals surface area contributed by atoms with Crippen LogP contribution in [0.3, 0.4) is 0 Å². The molecule has 0 saturated heterocycles. The quantitative estimate of drug-likeness (QED) is 0.188. The van der Waals surface area contributed by atoms with Gasteiger partial charge >= 0.3 is 5.97 Å². The third kappa shape index (κ3) is 4.20. The van der Waals surface area contributed by atoms with Gasteiger partial charge in [0.1, 0.15) is 11.5 Å². The fourth-order valence-corrected chi connectivity index (χ4v) is 4.71. The van der Waals surface area contributed by atoms with Crippen LogP contribution in [0.25, 0.3) is 33.9 Å². The SMILES string of the molecule is COC(=O)c1ccc(-c2ccc(/C=C3\C=C(c4ccccc4)N(c4cccc5ccccc45)C3=O)o2)cc1. The molecule has 0 unspecified atom stereocenters. The highest BCUT2D eigenvalue weighted by molar-refractivity contribution is 6.25. The zero-order valence-corrected chi connectivity index (χ0v) is 20.6. The van der Waals surface area contributed by atoms with E-state index in [9.17, 15) is 9.59 Å². The minimum absolute atomic E-state index is 0.124. The predicted molar refractivity (Wildman–Crippen MR) is 149 cm³/mol. The standard InChI is InChI=1S/C33H23NO4/c1-37-33(36)25-16-14-24(15-17-25)31-19-18-27(38-31)20-26-21-30(23-9-3-2-4-10-23)34(32(26)35)29-13-7-11-22-8-5-6-12-28(22)29/h2-21H,1H3/b26-20+. The first-order valence-electron chi connectivity index (χ1n) is 12.2. The van der Waals surface area contributed by atoms with Gasteiger partial charge in [0.05, 0.1) is 24.1 Å². The molecule has 0 N–H and O–H groups in total. The number of methoxy groups -OCH3 is 1. The number of benzene rings is 4. The number of carbonyl (C=O) groups excluding carboxylic acids is 2. The molecule has 0 spiro atoms. The highest BCUT2D eigenvalue weighted by atomic mass is 16.5. The third-order valence-electron chi connectivity index (χ3n) is 6.58. The molecule has 1 aliphatic rings. The number of nitrogens with zero attached hydrogens (tertiary/aromatic N) is 1. The topological polar surface area (TPSA) is 59.8 Å². The Morgan fingerprint density at radius 3 is 2.32 bits per heavy atom. The molecule has 1 amide bonds. The Hall–Kier alpha value is -5.16. The van der Waals surface area contributed by atoms with Crippen molar-refractivity contribution in [2.24, 2.45) is 0 Å². The van der Waals surface area contributed by atoms with E-state index in [-0.39, 0.29) is 5.91 Å². The molecule has 0 radical (unpaired) electrons. The van der Waals surface area contributed by atoms with Crippen molar-refractivity contribution in [2.45, 2.75) is 0 Å². The number of ether oxygens (including phenoxy) is 1. The van der Waals surface area contributed by atoms with Crippen LogP contribution in [0.5, 0.6) is 0 Å². The van der Waals surface area contributed by atoms with E-state index in [0.29, 0.717) is 22.7 Å². The van der Waals surface area contributed by atoms with E-state index in [2.05, 4.69) is 0 Å². The number of fused-ring (bicyclic) bond motifs is 1. The van der Waals surface area contributed by atoms with Crippen molar-refractivity contribution in [3.63, 3.8) is 0 Å². The van der Waals surface area contributed by atoms with Gasteiger partial charge in [-0.25, -0.2) is 4.79 Å². The monoisotopic (exact) mass is 497 g/mol. The van der Waals surface area contributed by atoms with E-state index in [0.717, 1.165) is 33.3 Å². The Morgan fingerprint density at radius 1 is 0.789 bits per heavy atom. The van der Waals surface area contributed by atoms with Crippen molar-refractivity contribution >= 4 is 40.1 Å². The summed E-state index contributed by atoms with van der Waals surface area (Å²) in [5.74, 6) is 0.680. The third-order valence-corrected chi connectivity index (χ3v) is 6.58. The van der Waals surface area contributed by atoms with Crippen LogP contribution in [0, 0.1) is 0 Å². The van der Waals surface area contributed by atoms with Crippen LogP contribution < -0.4 is 4.90 Å². The average Bonchev–Trinajstić information content (AvgIpc) is 3.57. The number of rotatable bonds is 5. The molecule has 2 heterocycles. The molecule has 5 heteroatoms. The fraction of sp³-hybridized carbons (Fsp3) is 0.0303. The molecule has 0 saturated carbocycles. The second-order valence-corrected chi connectivity index (χ2v) is 8.91.